The second kappa shape index (κ2) is 2.30. The molecular formula is C14H20O. The summed E-state index contributed by atoms with van der Waals surface area (Å²) < 4.78 is 5.56. The number of fused-ring (bicyclic) bond motifs is 8. The molecule has 9 atom stereocenters. The van der Waals surface area contributed by atoms with Crippen LogP contribution in [0.1, 0.15) is 26.2 Å². The summed E-state index contributed by atoms with van der Waals surface area (Å²) in [4.78, 5) is 0. The van der Waals surface area contributed by atoms with Crippen molar-refractivity contribution < 1.29 is 4.74 Å². The molecule has 0 N–H and O–H groups in total. The summed E-state index contributed by atoms with van der Waals surface area (Å²) in [5.41, 5.74) is 0. The van der Waals surface area contributed by atoms with E-state index in [1.807, 2.05) is 0 Å². The highest BCUT2D eigenvalue weighted by atomic mass is 16.6. The van der Waals surface area contributed by atoms with Gasteiger partial charge in [0.1, 0.15) is 0 Å². The zero-order valence-electron chi connectivity index (χ0n) is 9.43. The van der Waals surface area contributed by atoms with Crippen LogP contribution in [0.5, 0.6) is 0 Å². The first kappa shape index (κ1) is 8.11. The van der Waals surface area contributed by atoms with Gasteiger partial charge >= 0.3 is 0 Å². The van der Waals surface area contributed by atoms with Gasteiger partial charge in [0, 0.05) is 0 Å². The zero-order valence-corrected chi connectivity index (χ0v) is 9.43. The van der Waals surface area contributed by atoms with E-state index in [0.29, 0.717) is 6.10 Å². The van der Waals surface area contributed by atoms with Crippen molar-refractivity contribution in [3.8, 4) is 0 Å². The molecule has 0 aromatic heterocycles. The van der Waals surface area contributed by atoms with Gasteiger partial charge in [-0.05, 0) is 66.6 Å². The van der Waals surface area contributed by atoms with Gasteiger partial charge < -0.3 is 4.74 Å². The molecule has 1 saturated heterocycles. The van der Waals surface area contributed by atoms with E-state index in [1.54, 1.807) is 12.8 Å². The SMILES string of the molecule is CC1CC2C1C1C3CC(CC3C3CO3)C21. The van der Waals surface area contributed by atoms with E-state index in [0.717, 1.165) is 42.1 Å². The molecule has 0 amide bonds. The van der Waals surface area contributed by atoms with Crippen molar-refractivity contribution in [1.29, 1.82) is 0 Å². The second-order valence-electron chi connectivity index (χ2n) is 7.04. The van der Waals surface area contributed by atoms with Crippen molar-refractivity contribution >= 4 is 0 Å². The predicted octanol–water partition coefficient (Wildman–Crippen LogP) is 2.56. The van der Waals surface area contributed by atoms with Crippen molar-refractivity contribution in [3.05, 3.63) is 0 Å². The third-order valence-electron chi connectivity index (χ3n) is 6.75. The molecule has 0 radical (unpaired) electrons. The van der Waals surface area contributed by atoms with Crippen molar-refractivity contribution in [3.63, 3.8) is 0 Å². The molecule has 5 rings (SSSR count). The Morgan fingerprint density at radius 2 is 1.67 bits per heavy atom. The van der Waals surface area contributed by atoms with Gasteiger partial charge in [-0.25, -0.2) is 0 Å². The minimum atomic E-state index is 0.704. The Bertz CT molecular complexity index is 319. The van der Waals surface area contributed by atoms with Crippen LogP contribution in [-0.4, -0.2) is 12.7 Å². The van der Waals surface area contributed by atoms with E-state index < -0.39 is 0 Å². The Balaban J connectivity index is 1.47. The molecule has 4 saturated carbocycles. The van der Waals surface area contributed by atoms with E-state index in [9.17, 15) is 0 Å². The fraction of sp³-hybridized carbons (Fsp3) is 1.00. The maximum Gasteiger partial charge on any atom is 0.0840 e. The summed E-state index contributed by atoms with van der Waals surface area (Å²) in [5, 5.41) is 0. The lowest BCUT2D eigenvalue weighted by atomic mass is 9.39. The van der Waals surface area contributed by atoms with Crippen molar-refractivity contribution in [2.24, 2.45) is 47.3 Å². The normalized spacial score (nSPS) is 73.0. The van der Waals surface area contributed by atoms with Crippen molar-refractivity contribution in [1.82, 2.24) is 0 Å². The first-order chi connectivity index (χ1) is 7.34. The third kappa shape index (κ3) is 0.769. The average molecular weight is 204 g/mol. The van der Waals surface area contributed by atoms with E-state index in [4.69, 9.17) is 4.74 Å². The molecule has 1 nitrogen and oxygen atoms in total. The highest BCUT2D eigenvalue weighted by molar-refractivity contribution is 5.18. The average Bonchev–Trinajstić information content (AvgIpc) is 2.89. The molecule has 4 aliphatic carbocycles. The predicted molar refractivity (Wildman–Crippen MR) is 57.2 cm³/mol. The summed E-state index contributed by atoms with van der Waals surface area (Å²) in [5.74, 6) is 8.96. The number of hydrogen-bond acceptors (Lipinski definition) is 1. The van der Waals surface area contributed by atoms with E-state index >= 15 is 0 Å². The Morgan fingerprint density at radius 3 is 2.40 bits per heavy atom. The summed E-state index contributed by atoms with van der Waals surface area (Å²) in [6.45, 7) is 3.58. The maximum absolute atomic E-state index is 5.56. The Hall–Kier alpha value is -0.0400. The molecule has 1 aliphatic heterocycles. The van der Waals surface area contributed by atoms with Gasteiger partial charge in [-0.15, -0.1) is 0 Å². The molecule has 2 bridgehead atoms. The number of rotatable bonds is 1. The molecule has 0 aromatic rings. The smallest absolute Gasteiger partial charge is 0.0840 e. The van der Waals surface area contributed by atoms with Gasteiger partial charge in [-0.3, -0.25) is 0 Å². The van der Waals surface area contributed by atoms with Gasteiger partial charge in [-0.2, -0.15) is 0 Å². The monoisotopic (exact) mass is 204 g/mol. The van der Waals surface area contributed by atoms with Crippen LogP contribution in [0.4, 0.5) is 0 Å². The van der Waals surface area contributed by atoms with Crippen LogP contribution in [0, 0.1) is 47.3 Å². The Morgan fingerprint density at radius 1 is 0.867 bits per heavy atom. The van der Waals surface area contributed by atoms with Gasteiger partial charge in [0.15, 0.2) is 0 Å². The molecule has 0 aromatic carbocycles. The largest absolute Gasteiger partial charge is 0.373 e. The molecule has 0 spiro atoms. The molecule has 5 fully saturated rings. The standard InChI is InChI=1S/C14H20O/c1-6-2-10-12(6)14-9-4-7(13(10)14)3-8(9)11-5-15-11/h6-14H,2-5H2,1H3. The summed E-state index contributed by atoms with van der Waals surface area (Å²) in [6.07, 6.45) is 5.39. The van der Waals surface area contributed by atoms with Crippen LogP contribution < -0.4 is 0 Å². The molecule has 9 unspecified atom stereocenters. The lowest BCUT2D eigenvalue weighted by Gasteiger charge is -2.65. The van der Waals surface area contributed by atoms with Crippen LogP contribution in [0.25, 0.3) is 0 Å². The number of ether oxygens (including phenoxy) is 1. The summed E-state index contributed by atoms with van der Waals surface area (Å²) >= 11 is 0. The van der Waals surface area contributed by atoms with Gasteiger partial charge in [-0.1, -0.05) is 6.92 Å². The summed E-state index contributed by atoms with van der Waals surface area (Å²) in [6, 6.07) is 0. The van der Waals surface area contributed by atoms with Crippen LogP contribution in [0.2, 0.25) is 0 Å². The molecule has 1 heterocycles. The first-order valence-electron chi connectivity index (χ1n) is 6.96. The van der Waals surface area contributed by atoms with Crippen LogP contribution >= 0.6 is 0 Å². The lowest BCUT2D eigenvalue weighted by molar-refractivity contribution is -0.179. The van der Waals surface area contributed by atoms with Gasteiger partial charge in [0.05, 0.1) is 12.7 Å². The van der Waals surface area contributed by atoms with Gasteiger partial charge in [0.25, 0.3) is 0 Å². The zero-order chi connectivity index (χ0) is 9.73. The molecule has 15 heavy (non-hydrogen) atoms. The van der Waals surface area contributed by atoms with E-state index in [1.165, 1.54) is 18.3 Å². The van der Waals surface area contributed by atoms with Crippen LogP contribution in [0.3, 0.4) is 0 Å². The topological polar surface area (TPSA) is 12.5 Å². The highest BCUT2D eigenvalue weighted by Crippen LogP contribution is 2.75. The van der Waals surface area contributed by atoms with E-state index in [2.05, 4.69) is 6.92 Å². The molecule has 82 valence electrons. The Labute approximate surface area is 91.6 Å². The lowest BCUT2D eigenvalue weighted by Crippen LogP contribution is -2.61. The molecule has 1 heteroatoms. The summed E-state index contributed by atoms with van der Waals surface area (Å²) in [7, 11) is 0. The fourth-order valence-electron chi connectivity index (χ4n) is 6.31. The third-order valence-corrected chi connectivity index (χ3v) is 6.75. The quantitative estimate of drug-likeness (QED) is 0.598. The maximum atomic E-state index is 5.56. The molecule has 5 aliphatic rings. The highest BCUT2D eigenvalue weighted by Gasteiger charge is 2.70. The molecular weight excluding hydrogens is 184 g/mol. The van der Waals surface area contributed by atoms with Gasteiger partial charge in [0.2, 0.25) is 0 Å². The Kier molecular flexibility index (Phi) is 1.24. The van der Waals surface area contributed by atoms with E-state index in [-0.39, 0.29) is 0 Å². The minimum absolute atomic E-state index is 0.704. The fourth-order valence-corrected chi connectivity index (χ4v) is 6.31. The van der Waals surface area contributed by atoms with Crippen molar-refractivity contribution in [2.45, 2.75) is 32.3 Å². The second-order valence-corrected chi connectivity index (χ2v) is 7.04. The van der Waals surface area contributed by atoms with Crippen LogP contribution in [0.15, 0.2) is 0 Å². The minimum Gasteiger partial charge on any atom is -0.373 e. The van der Waals surface area contributed by atoms with Crippen LogP contribution in [-0.2, 0) is 4.74 Å². The number of epoxide rings is 1. The number of hydrogen-bond donors (Lipinski definition) is 0. The first-order valence-corrected chi connectivity index (χ1v) is 6.96. The van der Waals surface area contributed by atoms with Crippen molar-refractivity contribution in [2.75, 3.05) is 6.61 Å².